The van der Waals surface area contributed by atoms with Crippen molar-refractivity contribution in [2.24, 2.45) is 0 Å². The Morgan fingerprint density at radius 2 is 1.48 bits per heavy atom. The Kier molecular flexibility index (Phi) is 3.58. The van der Waals surface area contributed by atoms with Gasteiger partial charge in [0.2, 0.25) is 0 Å². The molecule has 2 nitrogen and oxygen atoms in total. The second-order valence-electron chi connectivity index (χ2n) is 7.08. The summed E-state index contributed by atoms with van der Waals surface area (Å²) in [7, 11) is 0. The van der Waals surface area contributed by atoms with Crippen LogP contribution in [-0.2, 0) is 0 Å². The Bertz CT molecular complexity index is 1240. The minimum Gasteiger partial charge on any atom is -0.316 e. The number of fused-ring (bicyclic) bond motifs is 3. The van der Waals surface area contributed by atoms with Gasteiger partial charge >= 0.3 is 0 Å². The number of rotatable bonds is 2. The molecule has 3 heterocycles. The third kappa shape index (κ3) is 2.53. The summed E-state index contributed by atoms with van der Waals surface area (Å²) in [5, 5.41) is 1.27. The van der Waals surface area contributed by atoms with Crippen molar-refractivity contribution in [3.05, 3.63) is 96.3 Å². The molecular weight excluding hydrogens is 328 g/mol. The minimum atomic E-state index is 1.02. The van der Waals surface area contributed by atoms with Crippen LogP contribution in [0.4, 0.5) is 0 Å². The number of nitrogens with zero attached hydrogens (tertiary/aromatic N) is 2. The summed E-state index contributed by atoms with van der Waals surface area (Å²) in [5.74, 6) is 0. The van der Waals surface area contributed by atoms with Crippen molar-refractivity contribution in [3.8, 4) is 22.4 Å². The Hall–Kier alpha value is -3.39. The molecule has 0 fully saturated rings. The first-order valence-corrected chi connectivity index (χ1v) is 9.24. The van der Waals surface area contributed by atoms with E-state index in [9.17, 15) is 0 Å². The molecular formula is C25H20N2. The van der Waals surface area contributed by atoms with E-state index in [2.05, 4.69) is 102 Å². The number of aromatic nitrogens is 2. The maximum absolute atomic E-state index is 4.65. The third-order valence-corrected chi connectivity index (χ3v) is 5.37. The van der Waals surface area contributed by atoms with Crippen molar-refractivity contribution in [2.45, 2.75) is 13.8 Å². The zero-order chi connectivity index (χ0) is 18.4. The molecule has 130 valence electrons. The number of aryl methyl sites for hydroxylation is 2. The minimum absolute atomic E-state index is 1.02. The van der Waals surface area contributed by atoms with Crippen LogP contribution in [0.1, 0.15) is 11.1 Å². The summed E-state index contributed by atoms with van der Waals surface area (Å²) in [6.07, 6.45) is 4.09. The summed E-state index contributed by atoms with van der Waals surface area (Å²) < 4.78 is 2.27. The fourth-order valence-electron chi connectivity index (χ4n) is 3.81. The van der Waals surface area contributed by atoms with E-state index in [4.69, 9.17) is 0 Å². The van der Waals surface area contributed by atoms with Crippen LogP contribution in [0, 0.1) is 13.8 Å². The van der Waals surface area contributed by atoms with Crippen LogP contribution in [0.25, 0.3) is 38.8 Å². The topological polar surface area (TPSA) is 17.3 Å². The predicted octanol–water partition coefficient (Wildman–Crippen LogP) is 6.44. The molecule has 0 radical (unpaired) electrons. The van der Waals surface area contributed by atoms with Gasteiger partial charge in [-0.1, -0.05) is 42.5 Å². The van der Waals surface area contributed by atoms with Gasteiger partial charge in [0, 0.05) is 28.9 Å². The lowest BCUT2D eigenvalue weighted by atomic mass is 9.99. The number of hydrogen-bond acceptors (Lipinski definition) is 1. The van der Waals surface area contributed by atoms with Gasteiger partial charge in [-0.3, -0.25) is 4.98 Å². The Morgan fingerprint density at radius 3 is 2.37 bits per heavy atom. The summed E-state index contributed by atoms with van der Waals surface area (Å²) in [5.41, 5.74) is 9.61. The monoisotopic (exact) mass is 348 g/mol. The van der Waals surface area contributed by atoms with Crippen LogP contribution in [0.5, 0.6) is 0 Å². The van der Waals surface area contributed by atoms with Crippen molar-refractivity contribution in [1.82, 2.24) is 9.38 Å². The fraction of sp³-hybridized carbons (Fsp3) is 0.0800. The molecule has 2 aromatic carbocycles. The number of pyridine rings is 2. The summed E-state index contributed by atoms with van der Waals surface area (Å²) in [4.78, 5) is 4.65. The van der Waals surface area contributed by atoms with Crippen LogP contribution < -0.4 is 0 Å². The molecule has 0 aliphatic rings. The van der Waals surface area contributed by atoms with E-state index in [1.807, 2.05) is 6.20 Å². The van der Waals surface area contributed by atoms with Gasteiger partial charge < -0.3 is 4.40 Å². The first kappa shape index (κ1) is 15.8. The van der Waals surface area contributed by atoms with E-state index in [0.29, 0.717) is 0 Å². The molecule has 0 unspecified atom stereocenters. The fourth-order valence-corrected chi connectivity index (χ4v) is 3.81. The summed E-state index contributed by atoms with van der Waals surface area (Å²) in [6, 6.07) is 25.9. The van der Waals surface area contributed by atoms with Crippen molar-refractivity contribution >= 4 is 16.4 Å². The number of hydrogen-bond donors (Lipinski definition) is 0. The second kappa shape index (κ2) is 6.10. The Balaban J connectivity index is 1.77. The van der Waals surface area contributed by atoms with E-state index >= 15 is 0 Å². The van der Waals surface area contributed by atoms with E-state index in [1.165, 1.54) is 38.7 Å². The van der Waals surface area contributed by atoms with Gasteiger partial charge in [-0.05, 0) is 60.9 Å². The summed E-state index contributed by atoms with van der Waals surface area (Å²) >= 11 is 0. The predicted molar refractivity (Wildman–Crippen MR) is 113 cm³/mol. The van der Waals surface area contributed by atoms with Crippen LogP contribution in [0.2, 0.25) is 0 Å². The Labute approximate surface area is 158 Å². The zero-order valence-electron chi connectivity index (χ0n) is 15.5. The van der Waals surface area contributed by atoms with Gasteiger partial charge in [-0.25, -0.2) is 0 Å². The van der Waals surface area contributed by atoms with Crippen LogP contribution >= 0.6 is 0 Å². The molecule has 0 aliphatic heterocycles. The smallest absolute Gasteiger partial charge is 0.0705 e. The zero-order valence-corrected chi connectivity index (χ0v) is 15.5. The van der Waals surface area contributed by atoms with Crippen LogP contribution in [-0.4, -0.2) is 9.38 Å². The van der Waals surface area contributed by atoms with Crippen molar-refractivity contribution in [3.63, 3.8) is 0 Å². The van der Waals surface area contributed by atoms with Crippen LogP contribution in [0.3, 0.4) is 0 Å². The average Bonchev–Trinajstić information content (AvgIpc) is 3.05. The number of benzene rings is 2. The maximum atomic E-state index is 4.65. The van der Waals surface area contributed by atoms with Gasteiger partial charge in [-0.2, -0.15) is 0 Å². The lowest BCUT2D eigenvalue weighted by Gasteiger charge is -2.08. The maximum Gasteiger partial charge on any atom is 0.0705 e. The molecule has 0 spiro atoms. The van der Waals surface area contributed by atoms with Gasteiger partial charge in [0.15, 0.2) is 0 Å². The average molecular weight is 348 g/mol. The van der Waals surface area contributed by atoms with E-state index < -0.39 is 0 Å². The molecule has 0 saturated heterocycles. The molecule has 0 atom stereocenters. The normalized spacial score (nSPS) is 11.3. The lowest BCUT2D eigenvalue weighted by Crippen LogP contribution is -1.89. The largest absolute Gasteiger partial charge is 0.316 e. The molecule has 0 amide bonds. The number of para-hydroxylation sites is 1. The quantitative estimate of drug-likeness (QED) is 0.359. The molecule has 2 heteroatoms. The van der Waals surface area contributed by atoms with Gasteiger partial charge in [-0.15, -0.1) is 0 Å². The van der Waals surface area contributed by atoms with Crippen molar-refractivity contribution in [2.75, 3.05) is 0 Å². The molecule has 27 heavy (non-hydrogen) atoms. The van der Waals surface area contributed by atoms with Gasteiger partial charge in [0.1, 0.15) is 0 Å². The molecule has 5 aromatic rings. The van der Waals surface area contributed by atoms with Crippen molar-refractivity contribution in [1.29, 1.82) is 0 Å². The molecule has 0 bridgehead atoms. The highest BCUT2D eigenvalue weighted by Gasteiger charge is 2.13. The Morgan fingerprint density at radius 1 is 0.704 bits per heavy atom. The first-order valence-electron chi connectivity index (χ1n) is 9.24. The third-order valence-electron chi connectivity index (χ3n) is 5.37. The molecule has 0 saturated carbocycles. The second-order valence-corrected chi connectivity index (χ2v) is 7.08. The van der Waals surface area contributed by atoms with Gasteiger partial charge in [0.05, 0.1) is 16.7 Å². The van der Waals surface area contributed by atoms with E-state index in [0.717, 1.165) is 11.3 Å². The van der Waals surface area contributed by atoms with Crippen LogP contribution in [0.15, 0.2) is 85.2 Å². The molecule has 0 aliphatic carbocycles. The van der Waals surface area contributed by atoms with E-state index in [-0.39, 0.29) is 0 Å². The summed E-state index contributed by atoms with van der Waals surface area (Å²) in [6.45, 7) is 4.24. The highest BCUT2D eigenvalue weighted by molar-refractivity contribution is 6.06. The molecule has 0 N–H and O–H groups in total. The van der Waals surface area contributed by atoms with Crippen molar-refractivity contribution < 1.29 is 0 Å². The standard InChI is InChI=1S/C25H20N2/c1-17-14-22(26-16-18(17)2)19-8-7-9-20(15-19)25-21-10-3-4-11-23(21)27-13-6-5-12-24(25)27/h3-16H,1-2H3. The van der Waals surface area contributed by atoms with Gasteiger partial charge in [0.25, 0.3) is 0 Å². The SMILES string of the molecule is Cc1cnc(-c2cccc(-c3c4ccccc4n4ccccc34)c2)cc1C. The van der Waals surface area contributed by atoms with E-state index in [1.54, 1.807) is 0 Å². The highest BCUT2D eigenvalue weighted by atomic mass is 14.9. The first-order chi connectivity index (χ1) is 13.2. The highest BCUT2D eigenvalue weighted by Crippen LogP contribution is 2.36. The molecule has 3 aromatic heterocycles. The lowest BCUT2D eigenvalue weighted by molar-refractivity contribution is 1.22. The molecule has 5 rings (SSSR count).